The van der Waals surface area contributed by atoms with Gasteiger partial charge < -0.3 is 10.6 Å². The molecule has 29 heavy (non-hydrogen) atoms. The second-order valence-corrected chi connectivity index (χ2v) is 8.22. The van der Waals surface area contributed by atoms with E-state index in [0.717, 1.165) is 26.9 Å². The van der Waals surface area contributed by atoms with Crippen LogP contribution in [0.4, 0.5) is 5.82 Å². The van der Waals surface area contributed by atoms with Crippen LogP contribution >= 0.6 is 15.9 Å². The van der Waals surface area contributed by atoms with Crippen molar-refractivity contribution in [1.29, 1.82) is 0 Å². The Morgan fingerprint density at radius 2 is 1.76 bits per heavy atom. The quantitative estimate of drug-likeness (QED) is 0.636. The minimum absolute atomic E-state index is 0.256. The zero-order valence-corrected chi connectivity index (χ0v) is 17.9. The summed E-state index contributed by atoms with van der Waals surface area (Å²) >= 11 is 3.46. The van der Waals surface area contributed by atoms with Gasteiger partial charge in [-0.25, -0.2) is 0 Å². The largest absolute Gasteiger partial charge is 0.339 e. The first-order valence-electron chi connectivity index (χ1n) is 9.32. The molecule has 2 amide bonds. The smallest absolute Gasteiger partial charge is 0.251 e. The van der Waals surface area contributed by atoms with Gasteiger partial charge in [-0.1, -0.05) is 45.8 Å². The summed E-state index contributed by atoms with van der Waals surface area (Å²) in [6.45, 7) is 3.88. The lowest BCUT2D eigenvalue weighted by atomic mass is 9.82. The molecule has 1 aromatic heterocycles. The fourth-order valence-corrected chi connectivity index (χ4v) is 4.08. The van der Waals surface area contributed by atoms with Gasteiger partial charge in [0, 0.05) is 28.6 Å². The number of amides is 2. The molecular weight excluding hydrogens is 432 g/mol. The number of anilines is 1. The number of carbonyl (C=O) groups excluding carboxylic acids is 2. The van der Waals surface area contributed by atoms with Crippen LogP contribution in [0, 0.1) is 13.8 Å². The molecule has 0 bridgehead atoms. The number of nitrogens with one attached hydrogen (secondary N) is 2. The van der Waals surface area contributed by atoms with Crippen molar-refractivity contribution in [3.8, 4) is 0 Å². The third-order valence-electron chi connectivity index (χ3n) is 5.27. The van der Waals surface area contributed by atoms with Gasteiger partial charge in [-0.3, -0.25) is 14.3 Å². The van der Waals surface area contributed by atoms with Gasteiger partial charge >= 0.3 is 0 Å². The molecular formula is C22H21BrN4O2. The number of benzene rings is 2. The van der Waals surface area contributed by atoms with Crippen molar-refractivity contribution in [2.24, 2.45) is 7.05 Å². The van der Waals surface area contributed by atoms with E-state index in [9.17, 15) is 9.59 Å². The summed E-state index contributed by atoms with van der Waals surface area (Å²) in [6.07, 6.45) is 0. The number of carbonyl (C=O) groups is 2. The average Bonchev–Trinajstić information content (AvgIpc) is 2.97. The third-order valence-corrected chi connectivity index (χ3v) is 5.80. The Morgan fingerprint density at radius 1 is 1.10 bits per heavy atom. The third kappa shape index (κ3) is 3.58. The number of hydrogen-bond acceptors (Lipinski definition) is 3. The number of nitrogens with zero attached hydrogens (tertiary/aromatic N) is 2. The molecule has 1 aliphatic heterocycles. The number of halogens is 1. The number of aromatic nitrogens is 2. The van der Waals surface area contributed by atoms with Crippen molar-refractivity contribution in [3.63, 3.8) is 0 Å². The maximum atomic E-state index is 13.0. The van der Waals surface area contributed by atoms with E-state index < -0.39 is 6.04 Å². The van der Waals surface area contributed by atoms with E-state index in [4.69, 9.17) is 0 Å². The Balaban J connectivity index is 1.77. The van der Waals surface area contributed by atoms with Crippen molar-refractivity contribution >= 4 is 33.6 Å². The van der Waals surface area contributed by atoms with Crippen LogP contribution in [0.5, 0.6) is 0 Å². The summed E-state index contributed by atoms with van der Waals surface area (Å²) in [7, 11) is 1.80. The Labute approximate surface area is 177 Å². The lowest BCUT2D eigenvalue weighted by Crippen LogP contribution is -2.50. The molecule has 4 rings (SSSR count). The Hall–Kier alpha value is -2.93. The van der Waals surface area contributed by atoms with Gasteiger partial charge in [-0.2, -0.15) is 5.10 Å². The van der Waals surface area contributed by atoms with Crippen LogP contribution < -0.4 is 10.6 Å². The first-order chi connectivity index (χ1) is 13.8. The van der Waals surface area contributed by atoms with Crippen LogP contribution in [0.2, 0.25) is 0 Å². The number of aryl methyl sites for hydroxylation is 3. The topological polar surface area (TPSA) is 76.0 Å². The first-order valence-corrected chi connectivity index (χ1v) is 10.1. The summed E-state index contributed by atoms with van der Waals surface area (Å²) in [5.74, 6) is -0.206. The second-order valence-electron chi connectivity index (χ2n) is 7.31. The molecule has 0 unspecified atom stereocenters. The highest BCUT2D eigenvalue weighted by Gasteiger charge is 2.41. The highest BCUT2D eigenvalue weighted by Crippen LogP contribution is 2.39. The highest BCUT2D eigenvalue weighted by atomic mass is 79.9. The minimum atomic E-state index is -0.750. The van der Waals surface area contributed by atoms with Crippen molar-refractivity contribution in [2.45, 2.75) is 25.8 Å². The van der Waals surface area contributed by atoms with Gasteiger partial charge in [0.05, 0.1) is 5.69 Å². The fourth-order valence-electron chi connectivity index (χ4n) is 3.82. The van der Waals surface area contributed by atoms with Crippen LogP contribution in [0.3, 0.4) is 0 Å². The summed E-state index contributed by atoms with van der Waals surface area (Å²) in [6, 6.07) is 14.3. The molecule has 3 aromatic rings. The van der Waals surface area contributed by atoms with E-state index in [0.29, 0.717) is 11.4 Å². The number of fused-ring (bicyclic) bond motifs is 1. The van der Waals surface area contributed by atoms with E-state index in [1.165, 1.54) is 0 Å². The molecule has 0 saturated heterocycles. The molecule has 2 atom stereocenters. The molecule has 148 valence electrons. The van der Waals surface area contributed by atoms with E-state index in [1.807, 2.05) is 50.2 Å². The van der Waals surface area contributed by atoms with Crippen LogP contribution in [-0.4, -0.2) is 27.6 Å². The van der Waals surface area contributed by atoms with Crippen molar-refractivity contribution in [3.05, 3.63) is 81.0 Å². The van der Waals surface area contributed by atoms with Crippen LogP contribution in [-0.2, 0) is 11.8 Å². The minimum Gasteiger partial charge on any atom is -0.339 e. The number of hydrogen-bond donors (Lipinski definition) is 2. The lowest BCUT2D eigenvalue weighted by Gasteiger charge is -2.32. The van der Waals surface area contributed by atoms with Gasteiger partial charge in [0.25, 0.3) is 5.91 Å². The number of rotatable bonds is 3. The Morgan fingerprint density at radius 3 is 2.41 bits per heavy atom. The molecule has 0 radical (unpaired) electrons. The molecule has 0 spiro atoms. The summed E-state index contributed by atoms with van der Waals surface area (Å²) in [4.78, 5) is 25.9. The zero-order valence-electron chi connectivity index (χ0n) is 16.4. The summed E-state index contributed by atoms with van der Waals surface area (Å²) < 4.78 is 2.62. The molecule has 2 heterocycles. The monoisotopic (exact) mass is 452 g/mol. The van der Waals surface area contributed by atoms with E-state index in [1.54, 1.807) is 23.9 Å². The summed E-state index contributed by atoms with van der Waals surface area (Å²) in [5, 5.41) is 10.3. The standard InChI is InChI=1S/C22H21BrN4O2/c1-12-4-6-15(7-5-12)21(28)24-19-18(14-8-10-16(23)11-9-14)17-13(2)26-27(3)20(17)25-22(19)29/h4-11,18-19H,1-3H3,(H,24,28)(H,25,29)/t18-,19+/m1/s1. The normalized spacial score (nSPS) is 18.1. The van der Waals surface area contributed by atoms with Gasteiger partial charge in [-0.15, -0.1) is 0 Å². The molecule has 0 saturated carbocycles. The lowest BCUT2D eigenvalue weighted by molar-refractivity contribution is -0.118. The van der Waals surface area contributed by atoms with Crippen molar-refractivity contribution < 1.29 is 9.59 Å². The molecule has 7 heteroatoms. The SMILES string of the molecule is Cc1ccc(C(=O)N[C@@H]2C(=O)Nc3c(c(C)nn3C)[C@H]2c2ccc(Br)cc2)cc1. The van der Waals surface area contributed by atoms with Crippen LogP contribution in [0.1, 0.15) is 38.7 Å². The van der Waals surface area contributed by atoms with Crippen LogP contribution in [0.15, 0.2) is 53.0 Å². The second kappa shape index (κ2) is 7.48. The first kappa shape index (κ1) is 19.4. The molecule has 0 fully saturated rings. The molecule has 6 nitrogen and oxygen atoms in total. The fraction of sp³-hybridized carbons (Fsp3) is 0.227. The maximum absolute atomic E-state index is 13.0. The van der Waals surface area contributed by atoms with Crippen LogP contribution in [0.25, 0.3) is 0 Å². The maximum Gasteiger partial charge on any atom is 0.251 e. The summed E-state index contributed by atoms with van der Waals surface area (Å²) in [5.41, 5.74) is 4.27. The molecule has 2 aromatic carbocycles. The van der Waals surface area contributed by atoms with Crippen molar-refractivity contribution in [1.82, 2.24) is 15.1 Å². The van der Waals surface area contributed by atoms with Gasteiger partial charge in [-0.05, 0) is 43.7 Å². The van der Waals surface area contributed by atoms with E-state index in [2.05, 4.69) is 31.7 Å². The predicted octanol–water partition coefficient (Wildman–Crippen LogP) is 3.68. The Bertz CT molecular complexity index is 1090. The molecule has 0 aliphatic carbocycles. The van der Waals surface area contributed by atoms with E-state index in [-0.39, 0.29) is 17.7 Å². The highest BCUT2D eigenvalue weighted by molar-refractivity contribution is 9.10. The van der Waals surface area contributed by atoms with Gasteiger partial charge in [0.15, 0.2) is 0 Å². The van der Waals surface area contributed by atoms with E-state index >= 15 is 0 Å². The zero-order chi connectivity index (χ0) is 20.7. The predicted molar refractivity (Wildman–Crippen MR) is 115 cm³/mol. The van der Waals surface area contributed by atoms with Gasteiger partial charge in [0.1, 0.15) is 11.9 Å². The molecule has 2 N–H and O–H groups in total. The van der Waals surface area contributed by atoms with Gasteiger partial charge in [0.2, 0.25) is 5.91 Å². The average molecular weight is 453 g/mol. The Kier molecular flexibility index (Phi) is 5.00. The molecule has 1 aliphatic rings. The van der Waals surface area contributed by atoms with Crippen molar-refractivity contribution in [2.75, 3.05) is 5.32 Å².